The van der Waals surface area contributed by atoms with Crippen molar-refractivity contribution in [2.75, 3.05) is 30.4 Å². The van der Waals surface area contributed by atoms with Crippen LogP contribution in [0.25, 0.3) is 0 Å². The van der Waals surface area contributed by atoms with Gasteiger partial charge in [-0.25, -0.2) is 4.98 Å². The number of pyridine rings is 1. The van der Waals surface area contributed by atoms with Crippen LogP contribution in [-0.2, 0) is 4.74 Å². The van der Waals surface area contributed by atoms with Gasteiger partial charge in [0.2, 0.25) is 0 Å². The van der Waals surface area contributed by atoms with Gasteiger partial charge in [0.25, 0.3) is 0 Å². The molecule has 5 nitrogen and oxygen atoms in total. The van der Waals surface area contributed by atoms with E-state index >= 15 is 0 Å². The molecule has 0 radical (unpaired) electrons. The zero-order valence-electron chi connectivity index (χ0n) is 9.37. The summed E-state index contributed by atoms with van der Waals surface area (Å²) in [6, 6.07) is 3.52. The van der Waals surface area contributed by atoms with Crippen molar-refractivity contribution in [3.8, 4) is 0 Å². The highest BCUT2D eigenvalue weighted by Crippen LogP contribution is 2.16. The highest BCUT2D eigenvalue weighted by Gasteiger charge is 2.15. The summed E-state index contributed by atoms with van der Waals surface area (Å²) in [5.41, 5.74) is 11.4. The summed E-state index contributed by atoms with van der Waals surface area (Å²) in [5.74, 6) is 1.04. The van der Waals surface area contributed by atoms with Crippen LogP contribution in [0.1, 0.15) is 13.8 Å². The average Bonchev–Trinajstić information content (AvgIpc) is 2.20. The molecule has 0 aliphatic heterocycles. The van der Waals surface area contributed by atoms with Gasteiger partial charge < -0.3 is 21.5 Å². The Labute approximate surface area is 89.8 Å². The Hall–Kier alpha value is -1.49. The number of ether oxygens (including phenoxy) is 1. The number of nitrogens with one attached hydrogen (secondary N) is 1. The lowest BCUT2D eigenvalue weighted by atomic mass is 10.1. The van der Waals surface area contributed by atoms with Gasteiger partial charge in [-0.05, 0) is 26.0 Å². The highest BCUT2D eigenvalue weighted by molar-refractivity contribution is 5.61. The second-order valence-electron chi connectivity index (χ2n) is 3.99. The van der Waals surface area contributed by atoms with Gasteiger partial charge in [0.05, 0.1) is 11.3 Å². The molecule has 0 aliphatic carbocycles. The summed E-state index contributed by atoms with van der Waals surface area (Å²) in [4.78, 5) is 4.10. The standard InChI is InChI=1S/C10H18N4O/c1-10(2,15-3)6-13-8-5-4-7(11)9(12)14-8/h4-5H,6,11H2,1-3H3,(H3,12,13,14). The molecule has 1 aromatic heterocycles. The van der Waals surface area contributed by atoms with Gasteiger partial charge in [-0.2, -0.15) is 0 Å². The van der Waals surface area contributed by atoms with Crippen molar-refractivity contribution in [1.82, 2.24) is 4.98 Å². The Morgan fingerprint density at radius 1 is 1.40 bits per heavy atom. The van der Waals surface area contributed by atoms with E-state index in [1.165, 1.54) is 0 Å². The summed E-state index contributed by atoms with van der Waals surface area (Å²) in [7, 11) is 1.67. The number of nitrogen functional groups attached to an aromatic ring is 2. The van der Waals surface area contributed by atoms with E-state index in [9.17, 15) is 0 Å². The Balaban J connectivity index is 2.62. The molecule has 0 atom stereocenters. The second kappa shape index (κ2) is 4.35. The lowest BCUT2D eigenvalue weighted by molar-refractivity contribution is 0.0343. The number of hydrogen-bond donors (Lipinski definition) is 3. The molecule has 0 saturated carbocycles. The van der Waals surface area contributed by atoms with E-state index in [2.05, 4.69) is 10.3 Å². The first kappa shape index (κ1) is 11.6. The maximum Gasteiger partial charge on any atom is 0.149 e. The Kier molecular flexibility index (Phi) is 3.36. The van der Waals surface area contributed by atoms with Crippen LogP contribution >= 0.6 is 0 Å². The molecule has 0 spiro atoms. The average molecular weight is 210 g/mol. The fraction of sp³-hybridized carbons (Fsp3) is 0.500. The first-order chi connectivity index (χ1) is 6.94. The lowest BCUT2D eigenvalue weighted by Gasteiger charge is -2.23. The monoisotopic (exact) mass is 210 g/mol. The van der Waals surface area contributed by atoms with Crippen molar-refractivity contribution in [2.24, 2.45) is 0 Å². The molecule has 5 N–H and O–H groups in total. The van der Waals surface area contributed by atoms with Crippen LogP contribution in [0.3, 0.4) is 0 Å². The zero-order chi connectivity index (χ0) is 11.5. The van der Waals surface area contributed by atoms with Crippen molar-refractivity contribution in [3.63, 3.8) is 0 Å². The Morgan fingerprint density at radius 2 is 2.07 bits per heavy atom. The van der Waals surface area contributed by atoms with Gasteiger partial charge in [0.15, 0.2) is 0 Å². The Morgan fingerprint density at radius 3 is 2.60 bits per heavy atom. The predicted molar refractivity (Wildman–Crippen MR) is 62.6 cm³/mol. The number of nitrogens with zero attached hydrogens (tertiary/aromatic N) is 1. The molecular formula is C10H18N4O. The third-order valence-corrected chi connectivity index (χ3v) is 2.21. The topological polar surface area (TPSA) is 86.2 Å². The lowest BCUT2D eigenvalue weighted by Crippen LogP contribution is -2.32. The van der Waals surface area contributed by atoms with Gasteiger partial charge in [0, 0.05) is 13.7 Å². The minimum atomic E-state index is -0.238. The van der Waals surface area contributed by atoms with Crippen molar-refractivity contribution < 1.29 is 4.74 Å². The molecule has 0 saturated heterocycles. The van der Waals surface area contributed by atoms with Crippen LogP contribution in [0, 0.1) is 0 Å². The number of anilines is 3. The van der Waals surface area contributed by atoms with E-state index < -0.39 is 0 Å². The fourth-order valence-corrected chi connectivity index (χ4v) is 0.960. The van der Waals surface area contributed by atoms with Gasteiger partial charge in [-0.15, -0.1) is 0 Å². The number of rotatable bonds is 4. The number of nitrogens with two attached hydrogens (primary N) is 2. The number of aromatic nitrogens is 1. The van der Waals surface area contributed by atoms with E-state index in [0.29, 0.717) is 23.9 Å². The van der Waals surface area contributed by atoms with Crippen LogP contribution in [0.15, 0.2) is 12.1 Å². The molecule has 15 heavy (non-hydrogen) atoms. The van der Waals surface area contributed by atoms with E-state index in [0.717, 1.165) is 0 Å². The van der Waals surface area contributed by atoms with E-state index in [1.807, 2.05) is 13.8 Å². The third-order valence-electron chi connectivity index (χ3n) is 2.21. The zero-order valence-corrected chi connectivity index (χ0v) is 9.37. The smallest absolute Gasteiger partial charge is 0.149 e. The van der Waals surface area contributed by atoms with Crippen molar-refractivity contribution in [1.29, 1.82) is 0 Å². The van der Waals surface area contributed by atoms with Gasteiger partial charge in [0.1, 0.15) is 11.6 Å². The van der Waals surface area contributed by atoms with E-state index in [-0.39, 0.29) is 5.60 Å². The van der Waals surface area contributed by atoms with E-state index in [4.69, 9.17) is 16.2 Å². The van der Waals surface area contributed by atoms with Gasteiger partial charge >= 0.3 is 0 Å². The molecule has 0 unspecified atom stereocenters. The van der Waals surface area contributed by atoms with Crippen LogP contribution in [-0.4, -0.2) is 24.2 Å². The molecule has 0 amide bonds. The SMILES string of the molecule is COC(C)(C)CNc1ccc(N)c(N)n1. The molecule has 0 aromatic carbocycles. The van der Waals surface area contributed by atoms with Crippen molar-refractivity contribution in [2.45, 2.75) is 19.4 Å². The molecule has 1 aromatic rings. The minimum absolute atomic E-state index is 0.238. The summed E-state index contributed by atoms with van der Waals surface area (Å²) in [6.07, 6.45) is 0. The van der Waals surface area contributed by atoms with Crippen LogP contribution < -0.4 is 16.8 Å². The summed E-state index contributed by atoms with van der Waals surface area (Å²) >= 11 is 0. The fourth-order valence-electron chi connectivity index (χ4n) is 0.960. The minimum Gasteiger partial charge on any atom is -0.396 e. The molecule has 5 heteroatoms. The Bertz CT molecular complexity index is 338. The molecular weight excluding hydrogens is 192 g/mol. The molecule has 84 valence electrons. The molecule has 1 rings (SSSR count). The largest absolute Gasteiger partial charge is 0.396 e. The molecule has 0 aliphatic rings. The maximum atomic E-state index is 5.59. The predicted octanol–water partition coefficient (Wildman–Crippen LogP) is 1.08. The number of hydrogen-bond acceptors (Lipinski definition) is 5. The van der Waals surface area contributed by atoms with Gasteiger partial charge in [-0.1, -0.05) is 0 Å². The first-order valence-corrected chi connectivity index (χ1v) is 4.75. The molecule has 0 bridgehead atoms. The van der Waals surface area contributed by atoms with Crippen LogP contribution in [0.4, 0.5) is 17.3 Å². The second-order valence-corrected chi connectivity index (χ2v) is 3.99. The third kappa shape index (κ3) is 3.28. The first-order valence-electron chi connectivity index (χ1n) is 4.75. The summed E-state index contributed by atoms with van der Waals surface area (Å²) in [5, 5.41) is 3.13. The van der Waals surface area contributed by atoms with Crippen molar-refractivity contribution in [3.05, 3.63) is 12.1 Å². The van der Waals surface area contributed by atoms with Crippen LogP contribution in [0.5, 0.6) is 0 Å². The normalized spacial score (nSPS) is 11.4. The highest BCUT2D eigenvalue weighted by atomic mass is 16.5. The summed E-state index contributed by atoms with van der Waals surface area (Å²) < 4.78 is 5.27. The summed E-state index contributed by atoms with van der Waals surface area (Å²) in [6.45, 7) is 4.63. The number of methoxy groups -OCH3 is 1. The van der Waals surface area contributed by atoms with Crippen molar-refractivity contribution >= 4 is 17.3 Å². The quantitative estimate of drug-likeness (QED) is 0.692. The molecule has 1 heterocycles. The van der Waals surface area contributed by atoms with E-state index in [1.54, 1.807) is 19.2 Å². The van der Waals surface area contributed by atoms with Gasteiger partial charge in [-0.3, -0.25) is 0 Å². The molecule has 0 fully saturated rings. The van der Waals surface area contributed by atoms with Crippen LogP contribution in [0.2, 0.25) is 0 Å². The maximum absolute atomic E-state index is 5.59.